The highest BCUT2D eigenvalue weighted by atomic mass is 16.3. The number of rotatable bonds is 3. The minimum atomic E-state index is -0.528. The van der Waals surface area contributed by atoms with Crippen LogP contribution >= 0.6 is 0 Å². The Morgan fingerprint density at radius 3 is 2.56 bits per heavy atom. The van der Waals surface area contributed by atoms with Crippen LogP contribution in [-0.4, -0.2) is 17.1 Å². The number of aryl methyl sites for hydroxylation is 1. The molecule has 0 aliphatic heterocycles. The average Bonchev–Trinajstić information content (AvgIpc) is 2.38. The highest BCUT2D eigenvalue weighted by Gasteiger charge is 2.14. The summed E-state index contributed by atoms with van der Waals surface area (Å²) in [5, 5.41) is 9.80. The number of aliphatic hydroxyl groups is 1. The van der Waals surface area contributed by atoms with Gasteiger partial charge in [-0.15, -0.1) is 0 Å². The lowest BCUT2D eigenvalue weighted by atomic mass is 10.1. The number of hydrogen-bond acceptors (Lipinski definition) is 3. The van der Waals surface area contributed by atoms with Crippen molar-refractivity contribution in [3.05, 3.63) is 53.7 Å². The summed E-state index contributed by atoms with van der Waals surface area (Å²) in [5.41, 5.74) is 3.11. The molecule has 3 heteroatoms. The van der Waals surface area contributed by atoms with Crippen LogP contribution in [0.1, 0.15) is 24.2 Å². The summed E-state index contributed by atoms with van der Waals surface area (Å²) in [5.74, 6) is 0.793. The molecular weight excluding hydrogens is 224 g/mol. The molecule has 0 bridgehead atoms. The molecule has 0 radical (unpaired) electrons. The second-order valence-electron chi connectivity index (χ2n) is 4.44. The third kappa shape index (κ3) is 2.36. The molecule has 2 aromatic rings. The second kappa shape index (κ2) is 5.19. The first-order chi connectivity index (χ1) is 8.61. The van der Waals surface area contributed by atoms with Crippen molar-refractivity contribution in [1.29, 1.82) is 0 Å². The number of pyridine rings is 1. The molecule has 3 nitrogen and oxygen atoms in total. The Morgan fingerprint density at radius 2 is 1.89 bits per heavy atom. The molecule has 94 valence electrons. The van der Waals surface area contributed by atoms with E-state index in [2.05, 4.69) is 24.0 Å². The first-order valence-corrected chi connectivity index (χ1v) is 6.03. The van der Waals surface area contributed by atoms with Gasteiger partial charge in [-0.3, -0.25) is 0 Å². The van der Waals surface area contributed by atoms with E-state index >= 15 is 0 Å². The van der Waals surface area contributed by atoms with Crippen LogP contribution in [0.5, 0.6) is 0 Å². The number of nitrogens with zero attached hydrogens (tertiary/aromatic N) is 2. The minimum absolute atomic E-state index is 0.528. The third-order valence-electron chi connectivity index (χ3n) is 3.06. The molecular formula is C15H18N2O. The number of aromatic nitrogens is 1. The zero-order valence-electron chi connectivity index (χ0n) is 11.0. The van der Waals surface area contributed by atoms with Crippen molar-refractivity contribution in [1.82, 2.24) is 4.98 Å². The van der Waals surface area contributed by atoms with Crippen LogP contribution in [-0.2, 0) is 0 Å². The van der Waals surface area contributed by atoms with Crippen molar-refractivity contribution in [2.24, 2.45) is 0 Å². The fourth-order valence-corrected chi connectivity index (χ4v) is 2.07. The van der Waals surface area contributed by atoms with Gasteiger partial charge in [-0.05, 0) is 31.5 Å². The molecule has 0 saturated heterocycles. The van der Waals surface area contributed by atoms with E-state index in [9.17, 15) is 5.11 Å². The summed E-state index contributed by atoms with van der Waals surface area (Å²) in [7, 11) is 1.97. The minimum Gasteiger partial charge on any atom is -0.389 e. The zero-order valence-corrected chi connectivity index (χ0v) is 11.0. The summed E-state index contributed by atoms with van der Waals surface area (Å²) < 4.78 is 0. The smallest absolute Gasteiger partial charge is 0.138 e. The number of aliphatic hydroxyl groups excluding tert-OH is 1. The van der Waals surface area contributed by atoms with E-state index in [1.807, 2.05) is 36.2 Å². The van der Waals surface area contributed by atoms with Crippen LogP contribution in [0.15, 0.2) is 42.6 Å². The van der Waals surface area contributed by atoms with Gasteiger partial charge in [-0.25, -0.2) is 4.98 Å². The van der Waals surface area contributed by atoms with Gasteiger partial charge < -0.3 is 10.0 Å². The van der Waals surface area contributed by atoms with Crippen LogP contribution in [0.4, 0.5) is 11.5 Å². The second-order valence-corrected chi connectivity index (χ2v) is 4.44. The van der Waals surface area contributed by atoms with E-state index in [-0.39, 0.29) is 0 Å². The summed E-state index contributed by atoms with van der Waals surface area (Å²) in [4.78, 5) is 6.39. The molecule has 1 unspecified atom stereocenters. The predicted octanol–water partition coefficient (Wildman–Crippen LogP) is 3.21. The fraction of sp³-hybridized carbons (Fsp3) is 0.267. The SMILES string of the molecule is Cc1ccccc1N(C)c1ncccc1C(C)O. The molecule has 0 aliphatic carbocycles. The fourth-order valence-electron chi connectivity index (χ4n) is 2.07. The maximum atomic E-state index is 9.80. The van der Waals surface area contributed by atoms with Gasteiger partial charge in [-0.1, -0.05) is 24.3 Å². The summed E-state index contributed by atoms with van der Waals surface area (Å²) in [6.45, 7) is 3.82. The summed E-state index contributed by atoms with van der Waals surface area (Å²) in [6, 6.07) is 11.9. The number of benzene rings is 1. The predicted molar refractivity (Wildman–Crippen MR) is 74.1 cm³/mol. The largest absolute Gasteiger partial charge is 0.389 e. The average molecular weight is 242 g/mol. The normalized spacial score (nSPS) is 12.2. The Balaban J connectivity index is 2.46. The van der Waals surface area contributed by atoms with Crippen molar-refractivity contribution in [2.75, 3.05) is 11.9 Å². The zero-order chi connectivity index (χ0) is 13.1. The van der Waals surface area contributed by atoms with Gasteiger partial charge in [0.2, 0.25) is 0 Å². The molecule has 1 aromatic heterocycles. The first-order valence-electron chi connectivity index (χ1n) is 6.03. The van der Waals surface area contributed by atoms with Gasteiger partial charge >= 0.3 is 0 Å². The van der Waals surface area contributed by atoms with Gasteiger partial charge in [0.15, 0.2) is 0 Å². The summed E-state index contributed by atoms with van der Waals surface area (Å²) >= 11 is 0. The van der Waals surface area contributed by atoms with Gasteiger partial charge in [0.1, 0.15) is 5.82 Å². The first kappa shape index (κ1) is 12.6. The highest BCUT2D eigenvalue weighted by Crippen LogP contribution is 2.30. The lowest BCUT2D eigenvalue weighted by Crippen LogP contribution is -2.15. The van der Waals surface area contributed by atoms with Gasteiger partial charge in [0.05, 0.1) is 6.10 Å². The van der Waals surface area contributed by atoms with Crippen LogP contribution in [0.3, 0.4) is 0 Å². The van der Waals surface area contributed by atoms with Crippen molar-refractivity contribution in [3.8, 4) is 0 Å². The number of para-hydroxylation sites is 1. The molecule has 1 atom stereocenters. The highest BCUT2D eigenvalue weighted by molar-refractivity contribution is 5.65. The molecule has 0 aliphatic rings. The van der Waals surface area contributed by atoms with E-state index in [0.717, 1.165) is 17.1 Å². The van der Waals surface area contributed by atoms with E-state index in [0.29, 0.717) is 0 Å². The standard InChI is InChI=1S/C15H18N2O/c1-11-7-4-5-9-14(11)17(3)15-13(12(2)18)8-6-10-16-15/h4-10,12,18H,1-3H3. The van der Waals surface area contributed by atoms with Gasteiger partial charge in [0.25, 0.3) is 0 Å². The molecule has 18 heavy (non-hydrogen) atoms. The molecule has 1 heterocycles. The molecule has 0 fully saturated rings. The molecule has 2 rings (SSSR count). The topological polar surface area (TPSA) is 36.4 Å². The lowest BCUT2D eigenvalue weighted by Gasteiger charge is -2.23. The van der Waals surface area contributed by atoms with E-state index < -0.39 is 6.10 Å². The van der Waals surface area contributed by atoms with Crippen LogP contribution in [0.2, 0.25) is 0 Å². The van der Waals surface area contributed by atoms with Gasteiger partial charge in [0, 0.05) is 24.5 Å². The van der Waals surface area contributed by atoms with Crippen LogP contribution in [0.25, 0.3) is 0 Å². The molecule has 1 aromatic carbocycles. The van der Waals surface area contributed by atoms with Crippen molar-refractivity contribution < 1.29 is 5.11 Å². The number of anilines is 2. The van der Waals surface area contributed by atoms with E-state index in [1.165, 1.54) is 5.56 Å². The third-order valence-corrected chi connectivity index (χ3v) is 3.06. The van der Waals surface area contributed by atoms with Crippen molar-refractivity contribution in [3.63, 3.8) is 0 Å². The maximum absolute atomic E-state index is 9.80. The Bertz CT molecular complexity index is 538. The van der Waals surface area contributed by atoms with E-state index in [1.54, 1.807) is 13.1 Å². The van der Waals surface area contributed by atoms with Crippen molar-refractivity contribution in [2.45, 2.75) is 20.0 Å². The van der Waals surface area contributed by atoms with E-state index in [4.69, 9.17) is 0 Å². The van der Waals surface area contributed by atoms with Gasteiger partial charge in [-0.2, -0.15) is 0 Å². The molecule has 0 amide bonds. The lowest BCUT2D eigenvalue weighted by molar-refractivity contribution is 0.199. The molecule has 0 saturated carbocycles. The van der Waals surface area contributed by atoms with Crippen molar-refractivity contribution >= 4 is 11.5 Å². The number of hydrogen-bond donors (Lipinski definition) is 1. The quantitative estimate of drug-likeness (QED) is 0.897. The Labute approximate surface area is 108 Å². The maximum Gasteiger partial charge on any atom is 0.138 e. The Morgan fingerprint density at radius 1 is 1.17 bits per heavy atom. The summed E-state index contributed by atoms with van der Waals surface area (Å²) in [6.07, 6.45) is 1.22. The molecule has 1 N–H and O–H groups in total. The van der Waals surface area contributed by atoms with Crippen LogP contribution < -0.4 is 4.90 Å². The Hall–Kier alpha value is -1.87. The van der Waals surface area contributed by atoms with Crippen LogP contribution in [0, 0.1) is 6.92 Å². The molecule has 0 spiro atoms. The monoisotopic (exact) mass is 242 g/mol. The Kier molecular flexibility index (Phi) is 3.63.